The topological polar surface area (TPSA) is 99.1 Å². The van der Waals surface area contributed by atoms with Crippen molar-refractivity contribution in [1.29, 1.82) is 0 Å². The molecule has 0 fully saturated rings. The molecule has 0 rings (SSSR count). The lowest BCUT2D eigenvalue weighted by molar-refractivity contribution is -0.887. The molecule has 0 spiro atoms. The van der Waals surface area contributed by atoms with Crippen molar-refractivity contribution in [2.45, 2.75) is 161 Å². The van der Waals surface area contributed by atoms with Crippen molar-refractivity contribution in [1.82, 2.24) is 0 Å². The van der Waals surface area contributed by atoms with Crippen molar-refractivity contribution >= 4 is 17.9 Å². The van der Waals surface area contributed by atoms with E-state index in [9.17, 15) is 19.5 Å². The number of hydrogen-bond acceptors (Lipinski definition) is 6. The quantitative estimate of drug-likeness (QED) is 0.0300. The number of rotatable bonds is 35. The first-order valence-electron chi connectivity index (χ1n) is 20.4. The number of aliphatic carboxylic acids is 1. The van der Waals surface area contributed by atoms with Crippen LogP contribution in [0.5, 0.6) is 0 Å². The minimum atomic E-state index is -0.884. The molecule has 8 heteroatoms. The number of ether oxygens (including phenoxy) is 3. The Bertz CT molecular complexity index is 1040. The standard InChI is InChI=1S/C44H75NO7/c1-6-8-10-12-14-16-18-20-21-23-24-26-28-30-32-34-42(46)51-39-40(38-50-37-36-41(44(48)49)45(3,4)5)52-43(47)35-33-31-29-27-25-22-19-17-15-13-11-9-7-2/h9,11,13-20,40-41H,6-8,10,12,21-39H2,1-5H3/p+1/b11-9+,15-13+,16-14+,19-17+,20-18+. The second-order valence-electron chi connectivity index (χ2n) is 14.6. The average molecular weight is 731 g/mol. The fourth-order valence-electron chi connectivity index (χ4n) is 5.55. The maximum atomic E-state index is 12.7. The fraction of sp³-hybridized carbons (Fsp3) is 0.705. The second-order valence-corrected chi connectivity index (χ2v) is 14.6. The molecule has 0 aliphatic rings. The van der Waals surface area contributed by atoms with Crippen LogP contribution in [0, 0.1) is 0 Å². The van der Waals surface area contributed by atoms with Crippen molar-refractivity contribution in [3.05, 3.63) is 60.8 Å². The van der Waals surface area contributed by atoms with Gasteiger partial charge in [0, 0.05) is 19.3 Å². The summed E-state index contributed by atoms with van der Waals surface area (Å²) in [5.74, 6) is -1.52. The third-order valence-electron chi connectivity index (χ3n) is 8.74. The van der Waals surface area contributed by atoms with Crippen molar-refractivity contribution in [3.8, 4) is 0 Å². The van der Waals surface area contributed by atoms with E-state index in [1.165, 1.54) is 32.1 Å². The first-order chi connectivity index (χ1) is 25.1. The van der Waals surface area contributed by atoms with Gasteiger partial charge in [-0.2, -0.15) is 0 Å². The van der Waals surface area contributed by atoms with Crippen molar-refractivity contribution < 1.29 is 38.2 Å². The summed E-state index contributed by atoms with van der Waals surface area (Å²) in [7, 11) is 5.50. The Kier molecular flexibility index (Phi) is 33.1. The molecule has 0 bridgehead atoms. The van der Waals surface area contributed by atoms with Gasteiger partial charge in [-0.25, -0.2) is 4.79 Å². The van der Waals surface area contributed by atoms with Crippen LogP contribution in [0.1, 0.15) is 149 Å². The van der Waals surface area contributed by atoms with E-state index in [4.69, 9.17) is 14.2 Å². The van der Waals surface area contributed by atoms with Gasteiger partial charge < -0.3 is 23.8 Å². The molecule has 0 aromatic carbocycles. The van der Waals surface area contributed by atoms with E-state index in [1.807, 2.05) is 33.3 Å². The highest BCUT2D eigenvalue weighted by molar-refractivity contribution is 5.72. The number of allylic oxidation sites excluding steroid dienone is 10. The molecule has 52 heavy (non-hydrogen) atoms. The van der Waals surface area contributed by atoms with E-state index in [-0.39, 0.29) is 36.2 Å². The highest BCUT2D eigenvalue weighted by Crippen LogP contribution is 2.13. The normalized spacial score (nSPS) is 13.6. The summed E-state index contributed by atoms with van der Waals surface area (Å²) in [5, 5.41) is 9.59. The Morgan fingerprint density at radius 1 is 0.596 bits per heavy atom. The molecule has 0 amide bonds. The smallest absolute Gasteiger partial charge is 0.362 e. The van der Waals surface area contributed by atoms with Gasteiger partial charge in [0.05, 0.1) is 34.4 Å². The number of quaternary nitrogens is 1. The molecular formula is C44H76NO7+. The number of carboxylic acid groups (broad SMARTS) is 1. The minimum absolute atomic E-state index is 0.0462. The van der Waals surface area contributed by atoms with E-state index < -0.39 is 18.1 Å². The molecule has 0 aromatic rings. The summed E-state index contributed by atoms with van der Waals surface area (Å²) in [6.45, 7) is 4.52. The van der Waals surface area contributed by atoms with Gasteiger partial charge in [0.15, 0.2) is 12.1 Å². The molecule has 0 aliphatic heterocycles. The summed E-state index contributed by atoms with van der Waals surface area (Å²) >= 11 is 0. The molecule has 298 valence electrons. The number of carbonyl (C=O) groups is 3. The fourth-order valence-corrected chi connectivity index (χ4v) is 5.55. The van der Waals surface area contributed by atoms with Crippen LogP contribution in [0.2, 0.25) is 0 Å². The maximum Gasteiger partial charge on any atom is 0.362 e. The Morgan fingerprint density at radius 3 is 1.60 bits per heavy atom. The summed E-state index contributed by atoms with van der Waals surface area (Å²) in [4.78, 5) is 36.9. The van der Waals surface area contributed by atoms with Crippen LogP contribution in [0.4, 0.5) is 0 Å². The van der Waals surface area contributed by atoms with Crippen LogP contribution in [0.3, 0.4) is 0 Å². The monoisotopic (exact) mass is 731 g/mol. The summed E-state index contributed by atoms with van der Waals surface area (Å²) < 4.78 is 17.2. The molecule has 0 aromatic heterocycles. The third-order valence-corrected chi connectivity index (χ3v) is 8.74. The first kappa shape index (κ1) is 49.0. The van der Waals surface area contributed by atoms with Gasteiger partial charge in [-0.15, -0.1) is 0 Å². The highest BCUT2D eigenvalue weighted by atomic mass is 16.6. The van der Waals surface area contributed by atoms with Crippen LogP contribution in [-0.2, 0) is 28.6 Å². The molecule has 1 N–H and O–H groups in total. The Balaban J connectivity index is 4.45. The third kappa shape index (κ3) is 32.9. The molecular weight excluding hydrogens is 654 g/mol. The summed E-state index contributed by atoms with van der Waals surface area (Å²) in [5.41, 5.74) is 0. The lowest BCUT2D eigenvalue weighted by Crippen LogP contribution is -2.50. The Labute approximate surface area is 318 Å². The van der Waals surface area contributed by atoms with Crippen molar-refractivity contribution in [2.75, 3.05) is 41.0 Å². The van der Waals surface area contributed by atoms with Gasteiger partial charge in [0.25, 0.3) is 0 Å². The number of carbonyl (C=O) groups excluding carboxylic acids is 2. The van der Waals surface area contributed by atoms with Crippen LogP contribution in [0.15, 0.2) is 60.8 Å². The molecule has 2 unspecified atom stereocenters. The van der Waals surface area contributed by atoms with Crippen LogP contribution >= 0.6 is 0 Å². The number of esters is 2. The van der Waals surface area contributed by atoms with Gasteiger partial charge in [-0.1, -0.05) is 132 Å². The van der Waals surface area contributed by atoms with Crippen molar-refractivity contribution in [2.24, 2.45) is 0 Å². The predicted octanol–water partition coefficient (Wildman–Crippen LogP) is 10.6. The molecule has 2 atom stereocenters. The van der Waals surface area contributed by atoms with Gasteiger partial charge in [0.2, 0.25) is 0 Å². The lowest BCUT2D eigenvalue weighted by Gasteiger charge is -2.31. The van der Waals surface area contributed by atoms with Crippen molar-refractivity contribution in [3.63, 3.8) is 0 Å². The summed E-state index contributed by atoms with van der Waals surface area (Å²) in [6.07, 6.45) is 41.1. The molecule has 0 aliphatic carbocycles. The van der Waals surface area contributed by atoms with Crippen LogP contribution in [-0.4, -0.2) is 80.6 Å². The second kappa shape index (κ2) is 35.1. The Morgan fingerprint density at radius 2 is 1.08 bits per heavy atom. The zero-order valence-corrected chi connectivity index (χ0v) is 33.7. The Hall–Kier alpha value is -2.97. The molecule has 8 nitrogen and oxygen atoms in total. The molecule has 0 saturated heterocycles. The average Bonchev–Trinajstić information content (AvgIpc) is 3.09. The van der Waals surface area contributed by atoms with E-state index >= 15 is 0 Å². The SMILES string of the molecule is CC/C=C/C=C/C=C/CCCCCCCC(=O)OC(COCCC(C(=O)O)[N+](C)(C)C)COC(=O)CCCCCCCC/C=C/C=C/CCCCC. The van der Waals surface area contributed by atoms with Gasteiger partial charge >= 0.3 is 17.9 Å². The highest BCUT2D eigenvalue weighted by Gasteiger charge is 2.31. The predicted molar refractivity (Wildman–Crippen MR) is 215 cm³/mol. The number of unbranched alkanes of at least 4 members (excludes halogenated alkanes) is 14. The van der Waals surface area contributed by atoms with Gasteiger partial charge in [-0.05, 0) is 57.8 Å². The number of hydrogen-bond donors (Lipinski definition) is 1. The van der Waals surface area contributed by atoms with Crippen LogP contribution in [0.25, 0.3) is 0 Å². The van der Waals surface area contributed by atoms with Crippen LogP contribution < -0.4 is 0 Å². The van der Waals surface area contributed by atoms with E-state index in [2.05, 4.69) is 62.5 Å². The molecule has 0 saturated carbocycles. The maximum absolute atomic E-state index is 12.7. The van der Waals surface area contributed by atoms with E-state index in [0.717, 1.165) is 83.5 Å². The number of carboxylic acids is 1. The van der Waals surface area contributed by atoms with E-state index in [0.29, 0.717) is 19.3 Å². The minimum Gasteiger partial charge on any atom is -0.477 e. The molecule has 0 heterocycles. The number of likely N-dealkylation sites (N-methyl/N-ethyl adjacent to an activating group) is 1. The number of nitrogens with zero attached hydrogens (tertiary/aromatic N) is 1. The largest absolute Gasteiger partial charge is 0.477 e. The zero-order chi connectivity index (χ0) is 38.5. The van der Waals surface area contributed by atoms with Gasteiger partial charge in [0.1, 0.15) is 6.61 Å². The molecule has 0 radical (unpaired) electrons. The summed E-state index contributed by atoms with van der Waals surface area (Å²) in [6, 6.07) is -0.621. The van der Waals surface area contributed by atoms with Gasteiger partial charge in [-0.3, -0.25) is 9.59 Å². The lowest BCUT2D eigenvalue weighted by atomic mass is 10.1. The van der Waals surface area contributed by atoms with E-state index in [1.54, 1.807) is 0 Å². The zero-order valence-electron chi connectivity index (χ0n) is 33.7. The first-order valence-corrected chi connectivity index (χ1v) is 20.4.